The maximum atomic E-state index is 11.1. The van der Waals surface area contributed by atoms with Crippen LogP contribution in [0.5, 0.6) is 11.6 Å². The average molecular weight is 276 g/mol. The zero-order chi connectivity index (χ0) is 13.4. The van der Waals surface area contributed by atoms with Crippen LogP contribution in [-0.2, 0) is 0 Å². The number of carbonyl (C=O) groups excluding carboxylic acids is 1. The van der Waals surface area contributed by atoms with E-state index >= 15 is 0 Å². The largest absolute Gasteiger partial charge is 0.434 e. The van der Waals surface area contributed by atoms with Crippen LogP contribution >= 0.6 is 11.3 Å². The summed E-state index contributed by atoms with van der Waals surface area (Å²) in [7, 11) is 0. The van der Waals surface area contributed by atoms with Gasteiger partial charge in [-0.15, -0.1) is 11.3 Å². The van der Waals surface area contributed by atoms with Crippen LogP contribution in [0, 0.1) is 0 Å². The lowest BCUT2D eigenvalue weighted by atomic mass is 10.4. The van der Waals surface area contributed by atoms with E-state index < -0.39 is 0 Å². The van der Waals surface area contributed by atoms with E-state index in [2.05, 4.69) is 10.1 Å². The fraction of sp³-hybridized carbons (Fsp3) is 0.250. The molecule has 7 heteroatoms. The lowest BCUT2D eigenvalue weighted by Gasteiger charge is -2.03. The highest BCUT2D eigenvalue weighted by atomic mass is 32.1. The van der Waals surface area contributed by atoms with Crippen molar-refractivity contribution in [1.29, 1.82) is 0 Å². The van der Waals surface area contributed by atoms with Gasteiger partial charge in [-0.2, -0.15) is 10.1 Å². The summed E-state index contributed by atoms with van der Waals surface area (Å²) in [6.45, 7) is 4.06. The van der Waals surface area contributed by atoms with Crippen molar-refractivity contribution < 1.29 is 9.53 Å². The molecule has 0 spiro atoms. The van der Waals surface area contributed by atoms with E-state index in [1.807, 2.05) is 19.2 Å². The number of aromatic nitrogens is 4. The molecular formula is C12H12N4O2S. The first kappa shape index (κ1) is 11.9. The molecule has 3 heterocycles. The average Bonchev–Trinajstić information content (AvgIpc) is 3.04. The number of nitrogens with zero attached hydrogens (tertiary/aromatic N) is 4. The topological polar surface area (TPSA) is 61.4 Å². The summed E-state index contributed by atoms with van der Waals surface area (Å²) in [4.78, 5) is 16.2. The molecule has 0 aliphatic carbocycles. The third-order valence-corrected chi connectivity index (χ3v) is 3.45. The van der Waals surface area contributed by atoms with Crippen molar-refractivity contribution >= 4 is 22.6 Å². The van der Waals surface area contributed by atoms with E-state index in [1.54, 1.807) is 27.7 Å². The zero-order valence-corrected chi connectivity index (χ0v) is 11.3. The second-order valence-electron chi connectivity index (χ2n) is 4.33. The summed E-state index contributed by atoms with van der Waals surface area (Å²) in [6.07, 6.45) is 5.94. The molecule has 0 radical (unpaired) electrons. The Morgan fingerprint density at radius 2 is 2.32 bits per heavy atom. The van der Waals surface area contributed by atoms with Gasteiger partial charge in [-0.05, 0) is 13.8 Å². The van der Waals surface area contributed by atoms with E-state index in [0.717, 1.165) is 11.2 Å². The Labute approximate surface area is 113 Å². The maximum absolute atomic E-state index is 11.1. The van der Waals surface area contributed by atoms with Crippen LogP contribution in [0.2, 0.25) is 0 Å². The van der Waals surface area contributed by atoms with Crippen LogP contribution in [0.3, 0.4) is 0 Å². The fourth-order valence-electron chi connectivity index (χ4n) is 1.73. The first-order chi connectivity index (χ1) is 9.19. The van der Waals surface area contributed by atoms with Crippen molar-refractivity contribution in [2.24, 2.45) is 0 Å². The molecule has 3 aromatic heterocycles. The summed E-state index contributed by atoms with van der Waals surface area (Å²) >= 11 is 1.45. The first-order valence-electron chi connectivity index (χ1n) is 5.82. The smallest absolute Gasteiger partial charge is 0.250 e. The zero-order valence-electron chi connectivity index (χ0n) is 10.5. The summed E-state index contributed by atoms with van der Waals surface area (Å²) in [6, 6.07) is 0.258. The maximum Gasteiger partial charge on any atom is 0.250 e. The summed E-state index contributed by atoms with van der Waals surface area (Å²) in [5.74, 6) is 0.882. The van der Waals surface area contributed by atoms with Crippen LogP contribution in [0.4, 0.5) is 0 Å². The molecule has 0 saturated carbocycles. The summed E-state index contributed by atoms with van der Waals surface area (Å²) in [5, 5.41) is 6.05. The monoisotopic (exact) mass is 276 g/mol. The van der Waals surface area contributed by atoms with E-state index in [9.17, 15) is 4.79 Å². The number of rotatable bonds is 4. The van der Waals surface area contributed by atoms with Crippen molar-refractivity contribution in [3.63, 3.8) is 0 Å². The molecule has 0 N–H and O–H groups in total. The predicted molar refractivity (Wildman–Crippen MR) is 71.1 cm³/mol. The van der Waals surface area contributed by atoms with Gasteiger partial charge in [0.05, 0.1) is 12.4 Å². The van der Waals surface area contributed by atoms with E-state index in [0.29, 0.717) is 17.3 Å². The number of fused-ring (bicyclic) bond motifs is 1. The second kappa shape index (κ2) is 4.51. The van der Waals surface area contributed by atoms with Crippen molar-refractivity contribution in [3.05, 3.63) is 29.7 Å². The van der Waals surface area contributed by atoms with Gasteiger partial charge in [0, 0.05) is 17.6 Å². The molecule has 0 aliphatic heterocycles. The van der Waals surface area contributed by atoms with Crippen molar-refractivity contribution in [2.75, 3.05) is 0 Å². The van der Waals surface area contributed by atoms with Gasteiger partial charge in [0.15, 0.2) is 22.7 Å². The molecule has 19 heavy (non-hydrogen) atoms. The Kier molecular flexibility index (Phi) is 2.83. The number of imidazole rings is 1. The molecule has 0 aromatic carbocycles. The molecule has 0 bridgehead atoms. The van der Waals surface area contributed by atoms with Gasteiger partial charge in [0.1, 0.15) is 0 Å². The lowest BCUT2D eigenvalue weighted by Crippen LogP contribution is -1.99. The molecule has 0 amide bonds. The molecule has 0 unspecified atom stereocenters. The normalized spacial score (nSPS) is 11.3. The van der Waals surface area contributed by atoms with Crippen molar-refractivity contribution in [3.8, 4) is 11.6 Å². The molecule has 0 fully saturated rings. The molecular weight excluding hydrogens is 264 g/mol. The minimum Gasteiger partial charge on any atom is -0.434 e. The van der Waals surface area contributed by atoms with Gasteiger partial charge in [-0.25, -0.2) is 0 Å². The van der Waals surface area contributed by atoms with Crippen LogP contribution in [0.1, 0.15) is 30.4 Å². The molecule has 3 aromatic rings. The van der Waals surface area contributed by atoms with Crippen LogP contribution < -0.4 is 4.74 Å². The fourth-order valence-corrected chi connectivity index (χ4v) is 2.45. The number of hydrogen-bond acceptors (Lipinski definition) is 5. The molecule has 6 nitrogen and oxygen atoms in total. The minimum atomic E-state index is 0.258. The number of carbonyl (C=O) groups is 1. The first-order valence-corrected chi connectivity index (χ1v) is 6.69. The number of ether oxygens (including phenoxy) is 1. The van der Waals surface area contributed by atoms with E-state index in [4.69, 9.17) is 4.74 Å². The Bertz CT molecular complexity index is 725. The third kappa shape index (κ3) is 2.01. The molecule has 0 aliphatic rings. The predicted octanol–water partition coefficient (Wildman–Crippen LogP) is 2.78. The van der Waals surface area contributed by atoms with Gasteiger partial charge in [-0.3, -0.25) is 13.9 Å². The molecule has 0 atom stereocenters. The molecule has 98 valence electrons. The number of aldehydes is 1. The van der Waals surface area contributed by atoms with Gasteiger partial charge in [0.25, 0.3) is 0 Å². The highest BCUT2D eigenvalue weighted by Crippen LogP contribution is 2.26. The van der Waals surface area contributed by atoms with Gasteiger partial charge < -0.3 is 4.74 Å². The Morgan fingerprint density at radius 3 is 3.00 bits per heavy atom. The van der Waals surface area contributed by atoms with Crippen molar-refractivity contribution in [2.45, 2.75) is 19.9 Å². The van der Waals surface area contributed by atoms with E-state index in [-0.39, 0.29) is 6.04 Å². The third-order valence-electron chi connectivity index (χ3n) is 2.70. The minimum absolute atomic E-state index is 0.258. The highest BCUT2D eigenvalue weighted by molar-refractivity contribution is 7.15. The SMILES string of the molecule is CC(C)n1cc(Oc2nc3sccn3c2C=O)cn1. The van der Waals surface area contributed by atoms with Gasteiger partial charge in [0.2, 0.25) is 5.88 Å². The van der Waals surface area contributed by atoms with E-state index in [1.165, 1.54) is 11.3 Å². The van der Waals surface area contributed by atoms with Crippen LogP contribution in [0.15, 0.2) is 24.0 Å². The number of hydrogen-bond donors (Lipinski definition) is 0. The Morgan fingerprint density at radius 1 is 1.47 bits per heavy atom. The van der Waals surface area contributed by atoms with Crippen LogP contribution in [0.25, 0.3) is 4.96 Å². The quantitative estimate of drug-likeness (QED) is 0.687. The summed E-state index contributed by atoms with van der Waals surface area (Å²) < 4.78 is 9.13. The Hall–Kier alpha value is -2.15. The standard InChI is InChI=1S/C12H12N4O2S/c1-8(2)16-6-9(5-13-16)18-11-10(7-17)15-3-4-19-12(15)14-11/h3-8H,1-2H3. The molecule has 3 rings (SSSR count). The molecule has 0 saturated heterocycles. The summed E-state index contributed by atoms with van der Waals surface area (Å²) in [5.41, 5.74) is 0.411. The highest BCUT2D eigenvalue weighted by Gasteiger charge is 2.15. The second-order valence-corrected chi connectivity index (χ2v) is 5.20. The van der Waals surface area contributed by atoms with Crippen LogP contribution in [-0.4, -0.2) is 25.5 Å². The van der Waals surface area contributed by atoms with Gasteiger partial charge >= 0.3 is 0 Å². The lowest BCUT2D eigenvalue weighted by molar-refractivity contribution is 0.111. The van der Waals surface area contributed by atoms with Crippen molar-refractivity contribution in [1.82, 2.24) is 19.2 Å². The number of thiazole rings is 1. The Balaban J connectivity index is 1.95. The van der Waals surface area contributed by atoms with Gasteiger partial charge in [-0.1, -0.05) is 0 Å².